The van der Waals surface area contributed by atoms with E-state index in [9.17, 15) is 39.4 Å². The van der Waals surface area contributed by atoms with Gasteiger partial charge in [-0.1, -0.05) is 51.9 Å². The summed E-state index contributed by atoms with van der Waals surface area (Å²) in [7, 11) is 2.82. The highest BCUT2D eigenvalue weighted by Gasteiger charge is 2.32. The van der Waals surface area contributed by atoms with E-state index < -0.39 is 55.7 Å². The molecule has 0 fully saturated rings. The Balaban J connectivity index is 0.000000218. The number of carbonyl (C=O) groups is 2. The Labute approximate surface area is 401 Å². The van der Waals surface area contributed by atoms with Gasteiger partial charge in [-0.3, -0.25) is 34.8 Å². The summed E-state index contributed by atoms with van der Waals surface area (Å²) < 4.78 is 14.3. The van der Waals surface area contributed by atoms with Gasteiger partial charge in [0, 0.05) is 66.9 Å². The van der Waals surface area contributed by atoms with Crippen LogP contribution in [0.15, 0.2) is 69.6 Å². The van der Waals surface area contributed by atoms with Crippen molar-refractivity contribution < 1.29 is 28.9 Å². The van der Waals surface area contributed by atoms with Crippen LogP contribution in [0.4, 0.5) is 42.6 Å². The van der Waals surface area contributed by atoms with Gasteiger partial charge in [-0.15, -0.1) is 20.4 Å². The second-order valence-corrected chi connectivity index (χ2v) is 19.3. The van der Waals surface area contributed by atoms with E-state index in [-0.39, 0.29) is 26.4 Å². The van der Waals surface area contributed by atoms with Crippen molar-refractivity contribution in [3.05, 3.63) is 117 Å². The van der Waals surface area contributed by atoms with Crippen molar-refractivity contribution in [2.75, 3.05) is 10.2 Å². The number of fused-ring (bicyclic) bond motifs is 2. The maximum atomic E-state index is 13.5. The molecule has 1 aliphatic heterocycles. The third kappa shape index (κ3) is 10.2. The highest BCUT2D eigenvalue weighted by atomic mass is 35.5. The van der Waals surface area contributed by atoms with E-state index in [0.29, 0.717) is 43.9 Å². The summed E-state index contributed by atoms with van der Waals surface area (Å²) in [5.74, 6) is 0. The fourth-order valence-electron chi connectivity index (χ4n) is 6.32. The van der Waals surface area contributed by atoms with Gasteiger partial charge in [0.2, 0.25) is 10.3 Å². The van der Waals surface area contributed by atoms with Crippen LogP contribution in [0.2, 0.25) is 10.0 Å². The highest BCUT2D eigenvalue weighted by molar-refractivity contribution is 7.19. The molecular formula is C41H37Cl2N13O10S2. The number of nitro groups is 2. The van der Waals surface area contributed by atoms with Gasteiger partial charge in [0.05, 0.1) is 49.5 Å². The van der Waals surface area contributed by atoms with Gasteiger partial charge in [0.25, 0.3) is 0 Å². The minimum absolute atomic E-state index is 0.0338. The third-order valence-corrected chi connectivity index (χ3v) is 11.9. The van der Waals surface area contributed by atoms with E-state index in [4.69, 9.17) is 32.7 Å². The number of pyridine rings is 2. The van der Waals surface area contributed by atoms with Crippen molar-refractivity contribution in [2.45, 2.75) is 59.3 Å². The predicted molar refractivity (Wildman–Crippen MR) is 255 cm³/mol. The predicted octanol–water partition coefficient (Wildman–Crippen LogP) is 8.81. The number of nitrogens with zero attached hydrogens (tertiary/aromatic N) is 12. The molecule has 27 heteroatoms. The molecule has 8 rings (SSSR count). The fourth-order valence-corrected chi connectivity index (χ4v) is 8.46. The molecule has 0 aliphatic carbocycles. The molecule has 0 radical (unpaired) electrons. The summed E-state index contributed by atoms with van der Waals surface area (Å²) in [5.41, 5.74) is -0.496. The number of aromatic nitrogens is 8. The number of halogens is 2. The number of aliphatic imine (C=N–C) groups is 1. The monoisotopic (exact) mass is 1010 g/mol. The maximum Gasteiger partial charge on any atom is 0.435 e. The zero-order chi connectivity index (χ0) is 49.6. The van der Waals surface area contributed by atoms with Crippen LogP contribution in [0.3, 0.4) is 0 Å². The number of hydrogen-bond acceptors (Lipinski definition) is 19. The number of carbonyl (C=O) groups excluding carboxylic acids is 2. The number of rotatable bonds is 8. The lowest BCUT2D eigenvalue weighted by Crippen LogP contribution is -2.34. The van der Waals surface area contributed by atoms with Gasteiger partial charge < -0.3 is 23.9 Å². The molecule has 0 saturated heterocycles. The van der Waals surface area contributed by atoms with E-state index in [1.54, 1.807) is 53.8 Å². The maximum absolute atomic E-state index is 13.5. The summed E-state index contributed by atoms with van der Waals surface area (Å²) in [6, 6.07) is 9.11. The molecule has 0 unspecified atom stereocenters. The normalized spacial score (nSPS) is 12.0. The highest BCUT2D eigenvalue weighted by Crippen LogP contribution is 2.41. The molecule has 1 amide bonds. The van der Waals surface area contributed by atoms with Crippen LogP contribution < -0.4 is 21.3 Å². The molecule has 23 nitrogen and oxygen atoms in total. The number of nitrogens with one attached hydrogen (secondary N) is 1. The molecule has 0 atom stereocenters. The topological polar surface area (TPSA) is 280 Å². The molecule has 1 aliphatic rings. The molecule has 7 aromatic rings. The molecule has 5 aromatic heterocycles. The minimum atomic E-state index is -0.890. The Kier molecular flexibility index (Phi) is 13.3. The van der Waals surface area contributed by atoms with Gasteiger partial charge >= 0.3 is 34.7 Å². The molecule has 0 bridgehead atoms. The smallest absolute Gasteiger partial charge is 0.435 e. The lowest BCUT2D eigenvalue weighted by atomic mass is 10.1. The van der Waals surface area contributed by atoms with Gasteiger partial charge in [0.15, 0.2) is 10.0 Å². The van der Waals surface area contributed by atoms with Crippen LogP contribution in [-0.4, -0.2) is 78.8 Å². The number of hydrogen-bond donors (Lipinski definition) is 1. The Morgan fingerprint density at radius 1 is 0.809 bits per heavy atom. The molecule has 2 aromatic carbocycles. The number of ether oxygens (including phenoxy) is 2. The average Bonchev–Trinajstić information content (AvgIpc) is 4.08. The summed E-state index contributed by atoms with van der Waals surface area (Å²) in [4.78, 5) is 76.3. The van der Waals surface area contributed by atoms with Crippen LogP contribution in [-0.2, 0) is 30.1 Å². The van der Waals surface area contributed by atoms with Crippen LogP contribution in [0, 0.1) is 20.2 Å². The zero-order valence-corrected chi connectivity index (χ0v) is 40.1. The Morgan fingerprint density at radius 3 is 1.99 bits per heavy atom. The van der Waals surface area contributed by atoms with Crippen LogP contribution in [0.25, 0.3) is 32.0 Å². The summed E-state index contributed by atoms with van der Waals surface area (Å²) in [6.07, 6.45) is 4.43. The van der Waals surface area contributed by atoms with Gasteiger partial charge in [0.1, 0.15) is 11.2 Å². The number of aryl methyl sites for hydroxylation is 2. The van der Waals surface area contributed by atoms with E-state index >= 15 is 0 Å². The zero-order valence-electron chi connectivity index (χ0n) is 37.0. The summed E-state index contributed by atoms with van der Waals surface area (Å²) in [5, 5.41) is 48.1. The quantitative estimate of drug-likeness (QED) is 0.110. The van der Waals surface area contributed by atoms with Crippen LogP contribution in [0.1, 0.15) is 52.7 Å². The van der Waals surface area contributed by atoms with Crippen molar-refractivity contribution in [1.29, 1.82) is 0 Å². The Morgan fingerprint density at radius 2 is 1.40 bits per heavy atom. The van der Waals surface area contributed by atoms with Gasteiger partial charge in [-0.2, -0.15) is 9.78 Å². The van der Waals surface area contributed by atoms with Crippen molar-refractivity contribution >= 4 is 108 Å². The van der Waals surface area contributed by atoms with Gasteiger partial charge in [-0.25, -0.2) is 14.5 Å². The second kappa shape index (κ2) is 18.7. The molecular weight excluding hydrogens is 970 g/mol. The molecule has 1 N–H and O–H groups in total. The van der Waals surface area contributed by atoms with Crippen molar-refractivity contribution in [2.24, 2.45) is 19.1 Å². The first-order valence-electron chi connectivity index (χ1n) is 19.8. The van der Waals surface area contributed by atoms with Crippen LogP contribution >= 0.6 is 45.9 Å². The fraction of sp³-hybridized carbons (Fsp3) is 0.268. The first-order chi connectivity index (χ1) is 31.9. The lowest BCUT2D eigenvalue weighted by Gasteiger charge is -2.26. The third-order valence-electron chi connectivity index (χ3n) is 9.29. The summed E-state index contributed by atoms with van der Waals surface area (Å²) >= 11 is 15.3. The Hall–Kier alpha value is -7.48. The molecule has 0 saturated carbocycles. The summed E-state index contributed by atoms with van der Waals surface area (Å²) in [6.45, 7) is 10.9. The number of benzene rings is 2. The molecule has 68 heavy (non-hydrogen) atoms. The van der Waals surface area contributed by atoms with E-state index in [0.717, 1.165) is 47.2 Å². The van der Waals surface area contributed by atoms with E-state index in [2.05, 4.69) is 35.8 Å². The van der Waals surface area contributed by atoms with Crippen LogP contribution in [0.5, 0.6) is 0 Å². The lowest BCUT2D eigenvalue weighted by molar-refractivity contribution is -0.386. The Bertz CT molecular complexity index is 3350. The molecule has 352 valence electrons. The van der Waals surface area contributed by atoms with E-state index in [1.807, 2.05) is 12.1 Å². The minimum Gasteiger partial charge on any atom is -0.443 e. The number of amides is 1. The first kappa shape index (κ1) is 48.5. The van der Waals surface area contributed by atoms with E-state index in [1.165, 1.54) is 56.2 Å². The van der Waals surface area contributed by atoms with Crippen molar-refractivity contribution in [3.63, 3.8) is 0 Å². The standard InChI is InChI=1S/C25H26ClN7O7S.C16H11ClN6O3S/c1-24(2,3)39-22(35)31(21-29-28-19(41-21)13-10-17(33(37)38)20(34)30(7)12-13)16-9-8-15-14(18(16)26)11-27-32(15)23(36)40-25(4,5)6;1-22-7-9(4-12(15(22)24)23(25)26)14-20-21-16(27-14)19-11-3-2-8-5-18-6-10(8)13(11)17/h8-12H,1-7H3;2-4,6-7H,5H2,1H3,(H,19,21). The largest absolute Gasteiger partial charge is 0.443 e. The SMILES string of the molecule is Cn1cc(-c2nnc(N(C(=O)OC(C)(C)C)c3ccc4c(cnn4C(=O)OC(C)(C)C)c3Cl)s2)cc([N+](=O)[O-])c1=O.Cn1cc(-c2nnc(Nc3ccc4c(c3Cl)C=NC4)s2)cc([N+](=O)[O-])c1=O. The average molecular weight is 1010 g/mol. The number of anilines is 4. The molecule has 6 heterocycles. The second-order valence-electron chi connectivity index (χ2n) is 16.7. The van der Waals surface area contributed by atoms with Crippen molar-refractivity contribution in [1.82, 2.24) is 39.3 Å². The first-order valence-corrected chi connectivity index (χ1v) is 22.2. The van der Waals surface area contributed by atoms with Crippen molar-refractivity contribution in [3.8, 4) is 21.1 Å². The molecule has 0 spiro atoms. The van der Waals surface area contributed by atoms with Gasteiger partial charge in [-0.05, 0) is 65.3 Å².